The number of hydrogen-bond donors (Lipinski definition) is 1. The third-order valence-electron chi connectivity index (χ3n) is 3.38. The van der Waals surface area contributed by atoms with Crippen molar-refractivity contribution in [2.24, 2.45) is 0 Å². The van der Waals surface area contributed by atoms with Crippen LogP contribution >= 0.6 is 0 Å². The van der Waals surface area contributed by atoms with E-state index in [1.807, 2.05) is 24.9 Å². The van der Waals surface area contributed by atoms with Crippen molar-refractivity contribution in [1.29, 1.82) is 0 Å². The molecule has 0 aliphatic rings. The number of H-pyrrole nitrogens is 1. The van der Waals surface area contributed by atoms with Gasteiger partial charge in [0.1, 0.15) is 0 Å². The van der Waals surface area contributed by atoms with Crippen LogP contribution in [-0.4, -0.2) is 28.9 Å². The molecule has 0 atom stereocenters. The molecule has 0 bridgehead atoms. The first-order valence-corrected chi connectivity index (χ1v) is 6.50. The molecule has 2 rings (SSSR count). The Kier molecular flexibility index (Phi) is 3.70. The maximum atomic E-state index is 12.1. The van der Waals surface area contributed by atoms with Crippen LogP contribution in [0.5, 0.6) is 0 Å². The zero-order valence-corrected chi connectivity index (χ0v) is 11.3. The minimum atomic E-state index is 0.196. The summed E-state index contributed by atoms with van der Waals surface area (Å²) in [6.07, 6.45) is 2.43. The predicted octanol–water partition coefficient (Wildman–Crippen LogP) is 2.89. The molecule has 0 saturated carbocycles. The lowest BCUT2D eigenvalue weighted by atomic mass is 10.1. The summed E-state index contributed by atoms with van der Waals surface area (Å²) in [5.41, 5.74) is 3.42. The maximum absolute atomic E-state index is 12.1. The van der Waals surface area contributed by atoms with Gasteiger partial charge in [-0.15, -0.1) is 0 Å². The van der Waals surface area contributed by atoms with Crippen LogP contribution in [0.3, 0.4) is 0 Å². The second-order valence-corrected chi connectivity index (χ2v) is 4.61. The monoisotopic (exact) mass is 244 g/mol. The average Bonchev–Trinajstić information content (AvgIpc) is 2.73. The number of nitrogens with zero attached hydrogens (tertiary/aromatic N) is 1. The van der Waals surface area contributed by atoms with E-state index in [2.05, 4.69) is 30.1 Å². The SMILES string of the molecule is CCN(CC)C(=O)Cc1c[nH]c2cc(C)ccc12. The molecule has 0 radical (unpaired) electrons. The molecular weight excluding hydrogens is 224 g/mol. The van der Waals surface area contributed by atoms with Crippen molar-refractivity contribution in [3.05, 3.63) is 35.5 Å². The molecule has 0 fully saturated rings. The Hall–Kier alpha value is -1.77. The lowest BCUT2D eigenvalue weighted by molar-refractivity contribution is -0.130. The van der Waals surface area contributed by atoms with Crippen molar-refractivity contribution in [2.75, 3.05) is 13.1 Å². The number of fused-ring (bicyclic) bond motifs is 1. The van der Waals surface area contributed by atoms with Crippen molar-refractivity contribution >= 4 is 16.8 Å². The Morgan fingerprint density at radius 2 is 2.00 bits per heavy atom. The zero-order valence-electron chi connectivity index (χ0n) is 11.3. The number of aryl methyl sites for hydroxylation is 1. The normalized spacial score (nSPS) is 10.8. The molecular formula is C15H20N2O. The summed E-state index contributed by atoms with van der Waals surface area (Å²) in [6, 6.07) is 6.29. The molecule has 0 aliphatic heterocycles. The van der Waals surface area contributed by atoms with Gasteiger partial charge in [-0.25, -0.2) is 0 Å². The zero-order chi connectivity index (χ0) is 13.1. The van der Waals surface area contributed by atoms with Crippen LogP contribution in [0.2, 0.25) is 0 Å². The molecule has 96 valence electrons. The van der Waals surface area contributed by atoms with Gasteiger partial charge in [0, 0.05) is 30.2 Å². The van der Waals surface area contributed by atoms with Crippen LogP contribution in [0.4, 0.5) is 0 Å². The average molecular weight is 244 g/mol. The van der Waals surface area contributed by atoms with Gasteiger partial charge in [-0.3, -0.25) is 4.79 Å². The molecule has 1 aromatic carbocycles. The van der Waals surface area contributed by atoms with E-state index in [9.17, 15) is 4.79 Å². The molecule has 1 amide bonds. The van der Waals surface area contributed by atoms with Gasteiger partial charge in [-0.1, -0.05) is 12.1 Å². The highest BCUT2D eigenvalue weighted by molar-refractivity contribution is 5.89. The van der Waals surface area contributed by atoms with E-state index in [4.69, 9.17) is 0 Å². The quantitative estimate of drug-likeness (QED) is 0.882. The minimum absolute atomic E-state index is 0.196. The van der Waals surface area contributed by atoms with Gasteiger partial charge < -0.3 is 9.88 Å². The van der Waals surface area contributed by atoms with Crippen LogP contribution in [0.15, 0.2) is 24.4 Å². The summed E-state index contributed by atoms with van der Waals surface area (Å²) in [6.45, 7) is 7.65. The Bertz CT molecular complexity index is 553. The topological polar surface area (TPSA) is 36.1 Å². The summed E-state index contributed by atoms with van der Waals surface area (Å²) in [7, 11) is 0. The van der Waals surface area contributed by atoms with Crippen molar-refractivity contribution in [3.8, 4) is 0 Å². The van der Waals surface area contributed by atoms with E-state index >= 15 is 0 Å². The fourth-order valence-corrected chi connectivity index (χ4v) is 2.30. The Balaban J connectivity index is 2.24. The lowest BCUT2D eigenvalue weighted by Gasteiger charge is -2.18. The molecule has 2 aromatic rings. The summed E-state index contributed by atoms with van der Waals surface area (Å²) in [5, 5.41) is 1.15. The summed E-state index contributed by atoms with van der Waals surface area (Å²) < 4.78 is 0. The van der Waals surface area contributed by atoms with E-state index in [0.717, 1.165) is 29.6 Å². The Morgan fingerprint density at radius 3 is 2.67 bits per heavy atom. The number of benzene rings is 1. The number of aromatic amines is 1. The van der Waals surface area contributed by atoms with E-state index < -0.39 is 0 Å². The van der Waals surface area contributed by atoms with Crippen LogP contribution < -0.4 is 0 Å². The number of rotatable bonds is 4. The lowest BCUT2D eigenvalue weighted by Crippen LogP contribution is -2.31. The first kappa shape index (κ1) is 12.7. The van der Waals surface area contributed by atoms with E-state index in [1.54, 1.807) is 0 Å². The van der Waals surface area contributed by atoms with Crippen molar-refractivity contribution < 1.29 is 4.79 Å². The summed E-state index contributed by atoms with van der Waals surface area (Å²) in [5.74, 6) is 0.196. The number of likely N-dealkylation sites (N-methyl/N-ethyl adjacent to an activating group) is 1. The van der Waals surface area contributed by atoms with Gasteiger partial charge in [-0.2, -0.15) is 0 Å². The first-order valence-electron chi connectivity index (χ1n) is 6.50. The van der Waals surface area contributed by atoms with Gasteiger partial charge >= 0.3 is 0 Å². The van der Waals surface area contributed by atoms with Gasteiger partial charge in [0.05, 0.1) is 6.42 Å². The Morgan fingerprint density at radius 1 is 1.28 bits per heavy atom. The fraction of sp³-hybridized carbons (Fsp3) is 0.400. The number of aromatic nitrogens is 1. The number of carbonyl (C=O) groups excluding carboxylic acids is 1. The number of nitrogens with one attached hydrogen (secondary N) is 1. The number of hydrogen-bond acceptors (Lipinski definition) is 1. The summed E-state index contributed by atoms with van der Waals surface area (Å²) in [4.78, 5) is 17.2. The third kappa shape index (κ3) is 2.40. The molecule has 0 saturated heterocycles. The van der Waals surface area contributed by atoms with Gasteiger partial charge in [0.15, 0.2) is 0 Å². The van der Waals surface area contributed by atoms with E-state index in [0.29, 0.717) is 6.42 Å². The molecule has 0 unspecified atom stereocenters. The van der Waals surface area contributed by atoms with Crippen LogP contribution in [-0.2, 0) is 11.2 Å². The second kappa shape index (κ2) is 5.25. The van der Waals surface area contributed by atoms with Crippen LogP contribution in [0.1, 0.15) is 25.0 Å². The van der Waals surface area contributed by atoms with Gasteiger partial charge in [-0.05, 0) is 38.0 Å². The van der Waals surface area contributed by atoms with Gasteiger partial charge in [0.25, 0.3) is 0 Å². The molecule has 0 spiro atoms. The minimum Gasteiger partial charge on any atom is -0.361 e. The highest BCUT2D eigenvalue weighted by Crippen LogP contribution is 2.20. The number of carbonyl (C=O) groups is 1. The second-order valence-electron chi connectivity index (χ2n) is 4.61. The highest BCUT2D eigenvalue weighted by atomic mass is 16.2. The standard InChI is InChI=1S/C15H20N2O/c1-4-17(5-2)15(18)9-12-10-16-14-8-11(3)6-7-13(12)14/h6-8,10,16H,4-5,9H2,1-3H3. The number of amides is 1. The van der Waals surface area contributed by atoms with Crippen molar-refractivity contribution in [1.82, 2.24) is 9.88 Å². The molecule has 1 heterocycles. The van der Waals surface area contributed by atoms with Crippen molar-refractivity contribution in [2.45, 2.75) is 27.2 Å². The fourth-order valence-electron chi connectivity index (χ4n) is 2.30. The van der Waals surface area contributed by atoms with Crippen LogP contribution in [0, 0.1) is 6.92 Å². The highest BCUT2D eigenvalue weighted by Gasteiger charge is 2.13. The van der Waals surface area contributed by atoms with E-state index in [-0.39, 0.29) is 5.91 Å². The smallest absolute Gasteiger partial charge is 0.227 e. The van der Waals surface area contributed by atoms with E-state index in [1.165, 1.54) is 5.56 Å². The predicted molar refractivity (Wildman–Crippen MR) is 74.7 cm³/mol. The molecule has 0 aliphatic carbocycles. The van der Waals surface area contributed by atoms with Crippen LogP contribution in [0.25, 0.3) is 10.9 Å². The molecule has 1 aromatic heterocycles. The van der Waals surface area contributed by atoms with Gasteiger partial charge in [0.2, 0.25) is 5.91 Å². The molecule has 1 N–H and O–H groups in total. The van der Waals surface area contributed by atoms with Crippen molar-refractivity contribution in [3.63, 3.8) is 0 Å². The molecule has 3 heteroatoms. The molecule has 3 nitrogen and oxygen atoms in total. The summed E-state index contributed by atoms with van der Waals surface area (Å²) >= 11 is 0. The Labute approximate surface area is 108 Å². The first-order chi connectivity index (χ1) is 8.65. The maximum Gasteiger partial charge on any atom is 0.227 e. The third-order valence-corrected chi connectivity index (χ3v) is 3.38. The molecule has 18 heavy (non-hydrogen) atoms. The largest absolute Gasteiger partial charge is 0.361 e.